The third kappa shape index (κ3) is 5.33. The number of rotatable bonds is 8. The minimum Gasteiger partial charge on any atom is -0.435 e. The summed E-state index contributed by atoms with van der Waals surface area (Å²) in [5.74, 6) is 0.0754. The number of amides is 1. The first kappa shape index (κ1) is 21.6. The number of hydrogen-bond acceptors (Lipinski definition) is 4. The van der Waals surface area contributed by atoms with Crippen LogP contribution in [0.2, 0.25) is 0 Å². The molecule has 0 aliphatic rings. The highest BCUT2D eigenvalue weighted by Crippen LogP contribution is 2.31. The first-order valence-corrected chi connectivity index (χ1v) is 10.7. The van der Waals surface area contributed by atoms with Gasteiger partial charge < -0.3 is 10.1 Å². The van der Waals surface area contributed by atoms with Crippen molar-refractivity contribution in [3.63, 3.8) is 0 Å². The lowest BCUT2D eigenvalue weighted by atomic mass is 10.1. The summed E-state index contributed by atoms with van der Waals surface area (Å²) in [6, 6.07) is 25.2. The molecule has 0 spiro atoms. The lowest BCUT2D eigenvalue weighted by molar-refractivity contribution is -0.113. The van der Waals surface area contributed by atoms with Crippen LogP contribution in [0, 0.1) is 0 Å². The molecule has 0 radical (unpaired) electrons. The number of hydrogen-bond donors (Lipinski definition) is 1. The Kier molecular flexibility index (Phi) is 6.81. The largest absolute Gasteiger partial charge is 0.435 e. The lowest BCUT2D eigenvalue weighted by Gasteiger charge is -2.13. The van der Waals surface area contributed by atoms with Gasteiger partial charge in [-0.3, -0.25) is 9.36 Å². The predicted octanol–water partition coefficient (Wildman–Crippen LogP) is 5.87. The lowest BCUT2D eigenvalue weighted by Crippen LogP contribution is -2.14. The summed E-state index contributed by atoms with van der Waals surface area (Å²) in [4.78, 5) is 16.9. The van der Waals surface area contributed by atoms with Crippen LogP contribution in [0.15, 0.2) is 96.3 Å². The van der Waals surface area contributed by atoms with Crippen LogP contribution in [0.25, 0.3) is 16.9 Å². The quantitative estimate of drug-likeness (QED) is 0.340. The van der Waals surface area contributed by atoms with Crippen LogP contribution in [0.5, 0.6) is 5.75 Å². The van der Waals surface area contributed by atoms with Gasteiger partial charge in [-0.05, 0) is 36.4 Å². The van der Waals surface area contributed by atoms with Gasteiger partial charge in [0.1, 0.15) is 5.75 Å². The zero-order valence-corrected chi connectivity index (χ0v) is 17.6. The monoisotopic (exact) mass is 451 g/mol. The van der Waals surface area contributed by atoms with E-state index in [1.807, 2.05) is 65.2 Å². The van der Waals surface area contributed by atoms with Crippen LogP contribution in [-0.4, -0.2) is 27.8 Å². The molecule has 1 heterocycles. The summed E-state index contributed by atoms with van der Waals surface area (Å²) < 4.78 is 31.3. The Labute approximate surface area is 188 Å². The van der Waals surface area contributed by atoms with Crippen LogP contribution in [-0.2, 0) is 4.79 Å². The Hall–Kier alpha value is -3.65. The third-order valence-corrected chi connectivity index (χ3v) is 5.46. The zero-order chi connectivity index (χ0) is 22.3. The summed E-state index contributed by atoms with van der Waals surface area (Å²) in [6.07, 6.45) is 1.73. The maximum absolute atomic E-state index is 12.5. The van der Waals surface area contributed by atoms with Crippen LogP contribution in [0.1, 0.15) is 0 Å². The van der Waals surface area contributed by atoms with Crippen molar-refractivity contribution in [1.82, 2.24) is 9.55 Å². The molecule has 0 unspecified atom stereocenters. The van der Waals surface area contributed by atoms with Crippen molar-refractivity contribution in [2.75, 3.05) is 11.1 Å². The van der Waals surface area contributed by atoms with E-state index in [2.05, 4.69) is 15.0 Å². The first-order valence-electron chi connectivity index (χ1n) is 9.76. The molecule has 8 heteroatoms. The van der Waals surface area contributed by atoms with E-state index < -0.39 is 6.61 Å². The van der Waals surface area contributed by atoms with E-state index in [-0.39, 0.29) is 17.4 Å². The molecule has 0 saturated heterocycles. The van der Waals surface area contributed by atoms with Gasteiger partial charge in [-0.2, -0.15) is 8.78 Å². The highest BCUT2D eigenvalue weighted by Gasteiger charge is 2.16. The van der Waals surface area contributed by atoms with E-state index in [0.29, 0.717) is 10.8 Å². The summed E-state index contributed by atoms with van der Waals surface area (Å²) in [5.41, 5.74) is 3.20. The Bertz CT molecular complexity index is 1170. The highest BCUT2D eigenvalue weighted by atomic mass is 32.2. The fourth-order valence-corrected chi connectivity index (χ4v) is 3.92. The standard InChI is InChI=1S/C24H19F2N3O2S/c25-23(26)31-20-13-11-19(12-14-20)29-21(17-7-3-1-4-8-17)15-27-24(29)32-16-22(30)28-18-9-5-2-6-10-18/h1-15,23H,16H2,(H,28,30). The van der Waals surface area contributed by atoms with Crippen LogP contribution in [0.3, 0.4) is 0 Å². The van der Waals surface area contributed by atoms with Crippen molar-refractivity contribution in [2.45, 2.75) is 11.8 Å². The summed E-state index contributed by atoms with van der Waals surface area (Å²) in [7, 11) is 0. The number of benzene rings is 3. The zero-order valence-electron chi connectivity index (χ0n) is 16.8. The molecule has 32 heavy (non-hydrogen) atoms. The second kappa shape index (κ2) is 10.1. The number of thioether (sulfide) groups is 1. The summed E-state index contributed by atoms with van der Waals surface area (Å²) in [5, 5.41) is 3.46. The molecule has 0 aliphatic carbocycles. The number of para-hydroxylation sites is 1. The van der Waals surface area contributed by atoms with Crippen molar-refractivity contribution in [3.8, 4) is 22.7 Å². The Morgan fingerprint density at radius 3 is 2.28 bits per heavy atom. The number of carbonyl (C=O) groups excluding carboxylic acids is 1. The van der Waals surface area contributed by atoms with Gasteiger partial charge in [0, 0.05) is 16.9 Å². The molecule has 5 nitrogen and oxygen atoms in total. The molecule has 1 N–H and O–H groups in total. The van der Waals surface area contributed by atoms with Gasteiger partial charge in [0.05, 0.1) is 17.6 Å². The van der Waals surface area contributed by atoms with Crippen molar-refractivity contribution in [1.29, 1.82) is 0 Å². The number of aromatic nitrogens is 2. The second-order valence-corrected chi connectivity index (χ2v) is 7.65. The molecule has 0 bridgehead atoms. The molecule has 1 amide bonds. The molecule has 4 aromatic rings. The fourth-order valence-electron chi connectivity index (χ4n) is 3.12. The molecule has 3 aromatic carbocycles. The number of alkyl halides is 2. The number of nitrogens with one attached hydrogen (secondary N) is 1. The average molecular weight is 451 g/mol. The van der Waals surface area contributed by atoms with Gasteiger partial charge in [0.15, 0.2) is 5.16 Å². The third-order valence-electron chi connectivity index (χ3n) is 4.51. The van der Waals surface area contributed by atoms with Crippen molar-refractivity contribution < 1.29 is 18.3 Å². The first-order chi connectivity index (χ1) is 15.6. The van der Waals surface area contributed by atoms with Crippen LogP contribution >= 0.6 is 11.8 Å². The number of halogens is 2. The molecule has 162 valence electrons. The number of carbonyl (C=O) groups is 1. The topological polar surface area (TPSA) is 56.2 Å². The molecule has 0 aliphatic heterocycles. The number of nitrogens with zero attached hydrogens (tertiary/aromatic N) is 2. The van der Waals surface area contributed by atoms with Gasteiger partial charge in [-0.15, -0.1) is 0 Å². The van der Waals surface area contributed by atoms with E-state index >= 15 is 0 Å². The van der Waals surface area contributed by atoms with Gasteiger partial charge in [-0.1, -0.05) is 60.3 Å². The van der Waals surface area contributed by atoms with E-state index in [4.69, 9.17) is 0 Å². The maximum atomic E-state index is 12.5. The van der Waals surface area contributed by atoms with E-state index in [9.17, 15) is 13.6 Å². The average Bonchev–Trinajstić information content (AvgIpc) is 3.23. The molecule has 0 atom stereocenters. The normalized spacial score (nSPS) is 10.8. The van der Waals surface area contributed by atoms with Gasteiger partial charge in [0.25, 0.3) is 0 Å². The molecule has 4 rings (SSSR count). The molecule has 0 fully saturated rings. The maximum Gasteiger partial charge on any atom is 0.387 e. The Morgan fingerprint density at radius 2 is 1.62 bits per heavy atom. The van der Waals surface area contributed by atoms with E-state index in [0.717, 1.165) is 16.9 Å². The molecule has 1 aromatic heterocycles. The highest BCUT2D eigenvalue weighted by molar-refractivity contribution is 7.99. The van der Waals surface area contributed by atoms with Crippen molar-refractivity contribution >= 4 is 23.4 Å². The summed E-state index contributed by atoms with van der Waals surface area (Å²) >= 11 is 1.29. The minimum absolute atomic E-state index is 0.0709. The van der Waals surface area contributed by atoms with E-state index in [1.54, 1.807) is 18.3 Å². The van der Waals surface area contributed by atoms with Crippen molar-refractivity contribution in [3.05, 3.63) is 91.1 Å². The Balaban J connectivity index is 1.59. The number of imidazole rings is 1. The van der Waals surface area contributed by atoms with Crippen LogP contribution < -0.4 is 10.1 Å². The molecule has 0 saturated carbocycles. The summed E-state index contributed by atoms with van der Waals surface area (Å²) in [6.45, 7) is -2.89. The predicted molar refractivity (Wildman–Crippen MR) is 121 cm³/mol. The van der Waals surface area contributed by atoms with Gasteiger partial charge in [0.2, 0.25) is 5.91 Å². The van der Waals surface area contributed by atoms with Crippen molar-refractivity contribution in [2.24, 2.45) is 0 Å². The van der Waals surface area contributed by atoms with Gasteiger partial charge >= 0.3 is 6.61 Å². The minimum atomic E-state index is -2.89. The molecular formula is C24H19F2N3O2S. The molecular weight excluding hydrogens is 432 g/mol. The fraction of sp³-hybridized carbons (Fsp3) is 0.0833. The second-order valence-electron chi connectivity index (χ2n) is 6.70. The van der Waals surface area contributed by atoms with Crippen LogP contribution in [0.4, 0.5) is 14.5 Å². The SMILES string of the molecule is O=C(CSc1ncc(-c2ccccc2)n1-c1ccc(OC(F)F)cc1)Nc1ccccc1. The smallest absolute Gasteiger partial charge is 0.387 e. The van der Waals surface area contributed by atoms with E-state index in [1.165, 1.54) is 23.9 Å². The number of ether oxygens (including phenoxy) is 1. The number of anilines is 1. The Morgan fingerprint density at radius 1 is 0.969 bits per heavy atom. The van der Waals surface area contributed by atoms with Gasteiger partial charge in [-0.25, -0.2) is 4.98 Å².